The minimum Gasteiger partial charge on any atom is -0.377 e. The molecule has 2 aliphatic heterocycles. The summed E-state index contributed by atoms with van der Waals surface area (Å²) in [5.74, 6) is 0.724. The van der Waals surface area contributed by atoms with Crippen LogP contribution < -0.4 is 0 Å². The van der Waals surface area contributed by atoms with E-state index in [1.54, 1.807) is 14.0 Å². The summed E-state index contributed by atoms with van der Waals surface area (Å²) in [5, 5.41) is -0.478. The lowest BCUT2D eigenvalue weighted by Crippen LogP contribution is -2.45. The first-order valence-corrected chi connectivity index (χ1v) is 7.35. The summed E-state index contributed by atoms with van der Waals surface area (Å²) >= 11 is 5.97. The maximum absolute atomic E-state index is 12.3. The van der Waals surface area contributed by atoms with Crippen molar-refractivity contribution in [3.8, 4) is 0 Å². The Morgan fingerprint density at radius 2 is 2.40 bits per heavy atom. The lowest BCUT2D eigenvalue weighted by Gasteiger charge is -2.36. The molecular weight excluding hydrogens is 278 g/mol. The van der Waals surface area contributed by atoms with Crippen LogP contribution in [0.1, 0.15) is 42.9 Å². The second-order valence-electron chi connectivity index (χ2n) is 5.43. The van der Waals surface area contributed by atoms with Crippen molar-refractivity contribution in [1.82, 2.24) is 14.9 Å². The number of nitrogens with zero attached hydrogens (tertiary/aromatic N) is 3. The van der Waals surface area contributed by atoms with Crippen molar-refractivity contribution >= 4 is 17.5 Å². The van der Waals surface area contributed by atoms with Gasteiger partial charge < -0.3 is 9.64 Å². The van der Waals surface area contributed by atoms with Crippen molar-refractivity contribution in [3.05, 3.63) is 23.3 Å². The molecule has 3 atom stereocenters. The van der Waals surface area contributed by atoms with Crippen LogP contribution in [0.2, 0.25) is 0 Å². The van der Waals surface area contributed by atoms with E-state index in [2.05, 4.69) is 9.97 Å². The molecule has 0 saturated carbocycles. The van der Waals surface area contributed by atoms with Crippen LogP contribution >= 0.6 is 11.6 Å². The molecule has 0 aliphatic carbocycles. The molecule has 1 fully saturated rings. The highest BCUT2D eigenvalue weighted by Gasteiger charge is 2.44. The third-order valence-corrected chi connectivity index (χ3v) is 4.30. The van der Waals surface area contributed by atoms with Gasteiger partial charge in [-0.3, -0.25) is 4.79 Å². The average molecular weight is 296 g/mol. The zero-order valence-corrected chi connectivity index (χ0v) is 12.4. The number of rotatable bonds is 3. The molecule has 5 nitrogen and oxygen atoms in total. The molecular formula is C14H18ClN3O2. The minimum atomic E-state index is -0.478. The first-order chi connectivity index (χ1) is 9.61. The summed E-state index contributed by atoms with van der Waals surface area (Å²) in [7, 11) is 1.63. The van der Waals surface area contributed by atoms with Crippen LogP contribution in [0.25, 0.3) is 0 Å². The van der Waals surface area contributed by atoms with Gasteiger partial charge in [0.05, 0.1) is 11.7 Å². The zero-order chi connectivity index (χ0) is 14.3. The second kappa shape index (κ2) is 5.30. The van der Waals surface area contributed by atoms with Gasteiger partial charge in [-0.25, -0.2) is 9.97 Å². The fraction of sp³-hybridized carbons (Fsp3) is 0.643. The van der Waals surface area contributed by atoms with E-state index in [1.807, 2.05) is 11.1 Å². The highest BCUT2D eigenvalue weighted by atomic mass is 35.5. The maximum atomic E-state index is 12.3. The van der Waals surface area contributed by atoms with Crippen molar-refractivity contribution in [2.45, 2.75) is 50.3 Å². The maximum Gasteiger partial charge on any atom is 0.241 e. The summed E-state index contributed by atoms with van der Waals surface area (Å²) in [5.41, 5.74) is 2.13. The van der Waals surface area contributed by atoms with Crippen LogP contribution in [0, 0.1) is 0 Å². The van der Waals surface area contributed by atoms with Crippen LogP contribution in [0.3, 0.4) is 0 Å². The number of aromatic nitrogens is 2. The third kappa shape index (κ3) is 2.19. The van der Waals surface area contributed by atoms with Crippen LogP contribution in [0.5, 0.6) is 0 Å². The predicted octanol–water partition coefficient (Wildman–Crippen LogP) is 1.84. The Kier molecular flexibility index (Phi) is 3.65. The van der Waals surface area contributed by atoms with Gasteiger partial charge in [0.15, 0.2) is 5.82 Å². The van der Waals surface area contributed by atoms with E-state index in [9.17, 15) is 4.79 Å². The van der Waals surface area contributed by atoms with E-state index in [4.69, 9.17) is 16.3 Å². The Hall–Kier alpha value is -1.20. The molecule has 108 valence electrons. The van der Waals surface area contributed by atoms with Gasteiger partial charge in [0, 0.05) is 31.3 Å². The number of carbonyl (C=O) groups is 1. The standard InChI is InChI=1S/C14H18ClN3O2/c1-8(15)14(19)18-9-3-4-12(18)10-6-16-13(7-20-2)17-11(10)5-9/h6,8-9,12H,3-5,7H2,1-2H3. The Balaban J connectivity index is 1.93. The smallest absolute Gasteiger partial charge is 0.241 e. The molecule has 0 N–H and O–H groups in total. The predicted molar refractivity (Wildman–Crippen MR) is 74.4 cm³/mol. The van der Waals surface area contributed by atoms with Gasteiger partial charge in [-0.15, -0.1) is 11.6 Å². The van der Waals surface area contributed by atoms with E-state index in [0.717, 1.165) is 30.5 Å². The molecule has 0 aromatic carbocycles. The third-order valence-electron chi connectivity index (χ3n) is 4.11. The molecule has 1 amide bonds. The van der Waals surface area contributed by atoms with E-state index >= 15 is 0 Å². The summed E-state index contributed by atoms with van der Waals surface area (Å²) < 4.78 is 5.07. The first-order valence-electron chi connectivity index (χ1n) is 6.91. The molecule has 2 bridgehead atoms. The van der Waals surface area contributed by atoms with Gasteiger partial charge in [0.2, 0.25) is 5.91 Å². The highest BCUT2D eigenvalue weighted by Crippen LogP contribution is 2.43. The second-order valence-corrected chi connectivity index (χ2v) is 6.09. The number of carbonyl (C=O) groups excluding carboxylic acids is 1. The monoisotopic (exact) mass is 295 g/mol. The fourth-order valence-corrected chi connectivity index (χ4v) is 3.37. The van der Waals surface area contributed by atoms with Gasteiger partial charge in [-0.05, 0) is 19.8 Å². The van der Waals surface area contributed by atoms with E-state index in [-0.39, 0.29) is 18.0 Å². The summed E-state index contributed by atoms with van der Waals surface area (Å²) in [4.78, 5) is 23.1. The Bertz CT molecular complexity index is 535. The van der Waals surface area contributed by atoms with E-state index in [0.29, 0.717) is 12.4 Å². The number of methoxy groups -OCH3 is 1. The van der Waals surface area contributed by atoms with Crippen LogP contribution in [0.15, 0.2) is 6.20 Å². The summed E-state index contributed by atoms with van der Waals surface area (Å²) in [6, 6.07) is 0.320. The fourth-order valence-electron chi connectivity index (χ4n) is 3.26. The number of hydrogen-bond donors (Lipinski definition) is 0. The van der Waals surface area contributed by atoms with Gasteiger partial charge >= 0.3 is 0 Å². The Morgan fingerprint density at radius 3 is 3.10 bits per heavy atom. The average Bonchev–Trinajstić information content (AvgIpc) is 2.73. The van der Waals surface area contributed by atoms with Crippen molar-refractivity contribution < 1.29 is 9.53 Å². The minimum absolute atomic E-state index is 0.0192. The van der Waals surface area contributed by atoms with Crippen molar-refractivity contribution in [2.75, 3.05) is 7.11 Å². The van der Waals surface area contributed by atoms with E-state index in [1.165, 1.54) is 0 Å². The summed E-state index contributed by atoms with van der Waals surface area (Å²) in [6.07, 6.45) is 4.62. The molecule has 3 unspecified atom stereocenters. The normalized spacial score (nSPS) is 25.4. The molecule has 1 aromatic heterocycles. The number of halogens is 1. The lowest BCUT2D eigenvalue weighted by molar-refractivity contribution is -0.134. The molecule has 2 aliphatic rings. The quantitative estimate of drug-likeness (QED) is 0.799. The molecule has 3 heterocycles. The SMILES string of the molecule is COCc1ncc2c(n1)CC1CCC2N1C(=O)C(C)Cl. The molecule has 1 aromatic rings. The number of hydrogen-bond acceptors (Lipinski definition) is 4. The van der Waals surface area contributed by atoms with Gasteiger partial charge in [0.1, 0.15) is 12.0 Å². The molecule has 0 radical (unpaired) electrons. The van der Waals surface area contributed by atoms with Gasteiger partial charge in [-0.1, -0.05) is 0 Å². The van der Waals surface area contributed by atoms with Crippen molar-refractivity contribution in [1.29, 1.82) is 0 Å². The molecule has 6 heteroatoms. The number of amides is 1. The van der Waals surface area contributed by atoms with Gasteiger partial charge in [0.25, 0.3) is 0 Å². The largest absolute Gasteiger partial charge is 0.377 e. The highest BCUT2D eigenvalue weighted by molar-refractivity contribution is 6.30. The van der Waals surface area contributed by atoms with Crippen molar-refractivity contribution in [3.63, 3.8) is 0 Å². The van der Waals surface area contributed by atoms with Crippen LogP contribution in [0.4, 0.5) is 0 Å². The number of ether oxygens (including phenoxy) is 1. The topological polar surface area (TPSA) is 55.3 Å². The molecule has 0 spiro atoms. The van der Waals surface area contributed by atoms with Gasteiger partial charge in [-0.2, -0.15) is 0 Å². The number of fused-ring (bicyclic) bond motifs is 4. The first kappa shape index (κ1) is 13.8. The van der Waals surface area contributed by atoms with Crippen molar-refractivity contribution in [2.24, 2.45) is 0 Å². The number of alkyl halides is 1. The Labute approximate surface area is 123 Å². The summed E-state index contributed by atoms with van der Waals surface area (Å²) in [6.45, 7) is 2.15. The lowest BCUT2D eigenvalue weighted by atomic mass is 9.99. The molecule has 3 rings (SSSR count). The Morgan fingerprint density at radius 1 is 1.60 bits per heavy atom. The van der Waals surface area contributed by atoms with E-state index < -0.39 is 5.38 Å². The molecule has 20 heavy (non-hydrogen) atoms. The van der Waals surface area contributed by atoms with Crippen LogP contribution in [-0.2, 0) is 22.6 Å². The molecule has 1 saturated heterocycles. The zero-order valence-electron chi connectivity index (χ0n) is 11.7. The van der Waals surface area contributed by atoms with Crippen LogP contribution in [-0.4, -0.2) is 39.3 Å².